The number of hydrogen-bond donors (Lipinski definition) is 0. The molecule has 3 heteroatoms. The fourth-order valence-electron chi connectivity index (χ4n) is 3.15. The molecule has 0 aliphatic carbocycles. The Balaban J connectivity index is 1.56. The van der Waals surface area contributed by atoms with Gasteiger partial charge < -0.3 is 4.52 Å². The zero-order valence-corrected chi connectivity index (χ0v) is 17.8. The van der Waals surface area contributed by atoms with E-state index in [0.717, 1.165) is 11.3 Å². The lowest BCUT2D eigenvalue weighted by molar-refractivity contribution is 0.629. The van der Waals surface area contributed by atoms with E-state index in [2.05, 4.69) is 79.7 Å². The summed E-state index contributed by atoms with van der Waals surface area (Å²) >= 11 is 0. The van der Waals surface area contributed by atoms with E-state index in [1.807, 2.05) is 48.7 Å². The average molecular weight is 409 g/mol. The summed E-state index contributed by atoms with van der Waals surface area (Å²) in [5.41, 5.74) is 2.24. The third kappa shape index (κ3) is 5.23. The monoisotopic (exact) mass is 409 g/mol. The van der Waals surface area contributed by atoms with Crippen LogP contribution >= 0.6 is 8.15 Å². The van der Waals surface area contributed by atoms with Gasteiger partial charge >= 0.3 is 0 Å². The summed E-state index contributed by atoms with van der Waals surface area (Å²) in [5, 5.41) is 2.38. The van der Waals surface area contributed by atoms with E-state index in [4.69, 9.17) is 9.52 Å². The van der Waals surface area contributed by atoms with Gasteiger partial charge in [0, 0.05) is 16.8 Å². The van der Waals surface area contributed by atoms with Crippen molar-refractivity contribution in [3.05, 3.63) is 126 Å². The van der Waals surface area contributed by atoms with E-state index in [1.54, 1.807) is 0 Å². The van der Waals surface area contributed by atoms with Gasteiger partial charge in [-0.1, -0.05) is 103 Å². The van der Waals surface area contributed by atoms with Gasteiger partial charge in [-0.25, -0.2) is 0 Å². The zero-order chi connectivity index (χ0) is 20.6. The van der Waals surface area contributed by atoms with E-state index in [9.17, 15) is 0 Å². The first kappa shape index (κ1) is 20.1. The summed E-state index contributed by atoms with van der Waals surface area (Å²) in [6.45, 7) is 2.11. The van der Waals surface area contributed by atoms with E-state index in [-0.39, 0.29) is 6.04 Å². The summed E-state index contributed by atoms with van der Waals surface area (Å²) in [5.74, 6) is 0.852. The van der Waals surface area contributed by atoms with Crippen LogP contribution in [0.5, 0.6) is 5.75 Å². The summed E-state index contributed by atoms with van der Waals surface area (Å²) < 4.78 is 6.52. The Morgan fingerprint density at radius 1 is 0.700 bits per heavy atom. The van der Waals surface area contributed by atoms with Crippen molar-refractivity contribution in [3.63, 3.8) is 0 Å². The normalized spacial score (nSPS) is 12.2. The van der Waals surface area contributed by atoms with Crippen LogP contribution in [-0.2, 0) is 0 Å². The standard InChI is InChI=1S/C27H24NOP/c1-22(24-13-5-2-6-14-24)28-21-23-12-11-15-25(20-23)29-30(26-16-7-3-8-17-26)27-18-9-4-10-19-27/h2-22H,1H3/t22-/m0/s1. The molecule has 0 radical (unpaired) electrons. The van der Waals surface area contributed by atoms with Gasteiger partial charge in [-0.15, -0.1) is 0 Å². The smallest absolute Gasteiger partial charge is 0.150 e. The highest BCUT2D eigenvalue weighted by atomic mass is 31.1. The minimum atomic E-state index is -0.942. The fraction of sp³-hybridized carbons (Fsp3) is 0.0741. The molecule has 4 rings (SSSR count). The molecule has 0 unspecified atom stereocenters. The van der Waals surface area contributed by atoms with E-state index in [0.29, 0.717) is 0 Å². The molecular weight excluding hydrogens is 385 g/mol. The molecule has 0 N–H and O–H groups in total. The SMILES string of the molecule is C[C@H](N=Cc1cccc(OP(c2ccccc2)c2ccccc2)c1)c1ccccc1. The Labute approximate surface area is 179 Å². The molecule has 148 valence electrons. The number of benzene rings is 4. The third-order valence-corrected chi connectivity index (χ3v) is 6.69. The maximum Gasteiger partial charge on any atom is 0.150 e. The number of aliphatic imine (C=N–C) groups is 1. The Hall–Kier alpha value is -3.22. The Morgan fingerprint density at radius 2 is 1.27 bits per heavy atom. The number of hydrogen-bond acceptors (Lipinski definition) is 2. The third-order valence-electron chi connectivity index (χ3n) is 4.77. The first-order valence-corrected chi connectivity index (χ1v) is 11.3. The van der Waals surface area contributed by atoms with Crippen molar-refractivity contribution in [2.45, 2.75) is 13.0 Å². The molecule has 0 heterocycles. The van der Waals surface area contributed by atoms with Crippen LogP contribution in [0.15, 0.2) is 120 Å². The summed E-state index contributed by atoms with van der Waals surface area (Å²) in [7, 11) is -0.942. The van der Waals surface area contributed by atoms with Crippen molar-refractivity contribution in [1.82, 2.24) is 0 Å². The lowest BCUT2D eigenvalue weighted by Crippen LogP contribution is -2.15. The molecular formula is C27H24NOP. The summed E-state index contributed by atoms with van der Waals surface area (Å²) in [6, 6.07) is 39.4. The highest BCUT2D eigenvalue weighted by molar-refractivity contribution is 7.68. The Morgan fingerprint density at radius 3 is 1.87 bits per heavy atom. The predicted octanol–water partition coefficient (Wildman–Crippen LogP) is 6.29. The second kappa shape index (κ2) is 10.0. The van der Waals surface area contributed by atoms with Gasteiger partial charge in [-0.3, -0.25) is 4.99 Å². The fourth-order valence-corrected chi connectivity index (χ4v) is 4.87. The van der Waals surface area contributed by atoms with Gasteiger partial charge in [-0.05, 0) is 30.2 Å². The second-order valence-corrected chi connectivity index (χ2v) is 8.80. The minimum Gasteiger partial charge on any atom is -0.464 e. The molecule has 0 aliphatic heterocycles. The van der Waals surface area contributed by atoms with Crippen LogP contribution in [0.3, 0.4) is 0 Å². The number of rotatable bonds is 7. The van der Waals surface area contributed by atoms with Crippen LogP contribution in [0.4, 0.5) is 0 Å². The number of nitrogens with zero attached hydrogens (tertiary/aromatic N) is 1. The average Bonchev–Trinajstić information content (AvgIpc) is 2.83. The van der Waals surface area contributed by atoms with E-state index in [1.165, 1.54) is 16.2 Å². The summed E-state index contributed by atoms with van der Waals surface area (Å²) in [6.07, 6.45) is 1.93. The molecule has 4 aromatic rings. The highest BCUT2D eigenvalue weighted by Gasteiger charge is 2.16. The topological polar surface area (TPSA) is 21.6 Å². The van der Waals surface area contributed by atoms with Gasteiger partial charge in [0.05, 0.1) is 6.04 Å². The maximum absolute atomic E-state index is 6.52. The first-order chi connectivity index (χ1) is 14.8. The largest absolute Gasteiger partial charge is 0.464 e. The molecule has 0 aromatic heterocycles. The molecule has 0 aliphatic rings. The van der Waals surface area contributed by atoms with Crippen molar-refractivity contribution < 1.29 is 4.52 Å². The zero-order valence-electron chi connectivity index (χ0n) is 16.9. The van der Waals surface area contributed by atoms with Crippen LogP contribution < -0.4 is 15.1 Å². The quantitative estimate of drug-likeness (QED) is 0.260. The van der Waals surface area contributed by atoms with Gasteiger partial charge in [0.1, 0.15) is 5.75 Å². The van der Waals surface area contributed by atoms with Gasteiger partial charge in [0.15, 0.2) is 8.15 Å². The van der Waals surface area contributed by atoms with Gasteiger partial charge in [-0.2, -0.15) is 0 Å². The van der Waals surface area contributed by atoms with E-state index < -0.39 is 8.15 Å². The van der Waals surface area contributed by atoms with Crippen molar-refractivity contribution in [1.29, 1.82) is 0 Å². The second-order valence-electron chi connectivity index (χ2n) is 6.99. The molecule has 30 heavy (non-hydrogen) atoms. The molecule has 0 fully saturated rings. The molecule has 0 spiro atoms. The molecule has 1 atom stereocenters. The van der Waals surface area contributed by atoms with Gasteiger partial charge in [0.25, 0.3) is 0 Å². The van der Waals surface area contributed by atoms with E-state index >= 15 is 0 Å². The van der Waals surface area contributed by atoms with Crippen LogP contribution in [0.1, 0.15) is 24.1 Å². The molecule has 0 saturated heterocycles. The highest BCUT2D eigenvalue weighted by Crippen LogP contribution is 2.36. The molecule has 0 bridgehead atoms. The van der Waals surface area contributed by atoms with Crippen molar-refractivity contribution in [2.75, 3.05) is 0 Å². The van der Waals surface area contributed by atoms with Crippen molar-refractivity contribution >= 4 is 25.0 Å². The Kier molecular flexibility index (Phi) is 6.69. The maximum atomic E-state index is 6.52. The molecule has 2 nitrogen and oxygen atoms in total. The Bertz CT molecular complexity index is 1040. The van der Waals surface area contributed by atoms with Crippen molar-refractivity contribution in [3.8, 4) is 5.75 Å². The molecule has 4 aromatic carbocycles. The lowest BCUT2D eigenvalue weighted by Gasteiger charge is -2.19. The van der Waals surface area contributed by atoms with Crippen LogP contribution in [0.2, 0.25) is 0 Å². The first-order valence-electron chi connectivity index (χ1n) is 10.1. The van der Waals surface area contributed by atoms with Crippen LogP contribution in [0, 0.1) is 0 Å². The molecule has 0 amide bonds. The van der Waals surface area contributed by atoms with Crippen LogP contribution in [-0.4, -0.2) is 6.21 Å². The minimum absolute atomic E-state index is 0.113. The lowest BCUT2D eigenvalue weighted by atomic mass is 10.1. The van der Waals surface area contributed by atoms with Gasteiger partial charge in [0.2, 0.25) is 0 Å². The van der Waals surface area contributed by atoms with Crippen LogP contribution in [0.25, 0.3) is 0 Å². The van der Waals surface area contributed by atoms with Crippen molar-refractivity contribution in [2.24, 2.45) is 4.99 Å². The molecule has 0 saturated carbocycles. The predicted molar refractivity (Wildman–Crippen MR) is 129 cm³/mol. The summed E-state index contributed by atoms with van der Waals surface area (Å²) in [4.78, 5) is 4.73.